The summed E-state index contributed by atoms with van der Waals surface area (Å²) in [7, 11) is -0.382. The third-order valence-corrected chi connectivity index (χ3v) is 4.88. The molecule has 8 heteroatoms. The number of carbonyl (C=O) groups is 1. The number of likely N-dealkylation sites (N-methyl/N-ethyl adjacent to an activating group) is 1. The average molecular weight is 363 g/mol. The van der Waals surface area contributed by atoms with Gasteiger partial charge >= 0.3 is 0 Å². The maximum atomic E-state index is 12.4. The summed E-state index contributed by atoms with van der Waals surface area (Å²) in [5, 5.41) is 0. The van der Waals surface area contributed by atoms with Crippen LogP contribution in [0.4, 0.5) is 0 Å². The lowest BCUT2D eigenvalue weighted by Gasteiger charge is -2.14. The summed E-state index contributed by atoms with van der Waals surface area (Å²) in [6, 6.07) is 9.81. The van der Waals surface area contributed by atoms with E-state index in [1.165, 1.54) is 17.0 Å². The largest absolute Gasteiger partial charge is 0.483 e. The summed E-state index contributed by atoms with van der Waals surface area (Å²) in [5.41, 5.74) is 1.26. The molecule has 0 aliphatic rings. The molecular weight excluding hydrogens is 342 g/mol. The van der Waals surface area contributed by atoms with Gasteiger partial charge in [-0.2, -0.15) is 0 Å². The number of hydrogen-bond donors (Lipinski definition) is 1. The van der Waals surface area contributed by atoms with E-state index in [0.29, 0.717) is 17.0 Å². The molecule has 134 valence electrons. The zero-order valence-electron chi connectivity index (χ0n) is 14.4. The first kappa shape index (κ1) is 18.9. The number of amides is 1. The number of benzene rings is 1. The van der Waals surface area contributed by atoms with Gasteiger partial charge in [0.15, 0.2) is 6.61 Å². The first-order valence-corrected chi connectivity index (χ1v) is 9.11. The predicted molar refractivity (Wildman–Crippen MR) is 93.6 cm³/mol. The first-order valence-electron chi connectivity index (χ1n) is 7.63. The second-order valence-electron chi connectivity index (χ2n) is 5.65. The molecule has 7 nitrogen and oxygen atoms in total. The molecule has 2 aromatic rings. The number of aromatic nitrogens is 1. The maximum Gasteiger partial charge on any atom is 0.259 e. The smallest absolute Gasteiger partial charge is 0.259 e. The van der Waals surface area contributed by atoms with E-state index in [4.69, 9.17) is 4.74 Å². The Labute approximate surface area is 147 Å². The molecule has 0 saturated carbocycles. The minimum atomic E-state index is -3.66. The molecule has 1 aromatic heterocycles. The monoisotopic (exact) mass is 363 g/mol. The molecule has 0 saturated heterocycles. The number of rotatable bonds is 7. The molecule has 0 atom stereocenters. The Morgan fingerprint density at radius 2 is 2.00 bits per heavy atom. The fourth-order valence-corrected chi connectivity index (χ4v) is 3.06. The third-order valence-electron chi connectivity index (χ3n) is 3.48. The molecule has 2 rings (SSSR count). The van der Waals surface area contributed by atoms with Gasteiger partial charge in [0.2, 0.25) is 10.0 Å². The molecule has 1 N–H and O–H groups in total. The number of sulfonamides is 1. The van der Waals surface area contributed by atoms with Gasteiger partial charge in [-0.3, -0.25) is 9.78 Å². The molecule has 0 aliphatic carbocycles. The van der Waals surface area contributed by atoms with E-state index >= 15 is 0 Å². The number of nitrogens with zero attached hydrogens (tertiary/aromatic N) is 2. The number of pyridine rings is 1. The van der Waals surface area contributed by atoms with Crippen molar-refractivity contribution in [1.29, 1.82) is 0 Å². The van der Waals surface area contributed by atoms with Crippen molar-refractivity contribution in [1.82, 2.24) is 14.6 Å². The Morgan fingerprint density at radius 3 is 2.60 bits per heavy atom. The van der Waals surface area contributed by atoms with Crippen LogP contribution in [0, 0.1) is 6.92 Å². The standard InChI is InChI=1S/C17H21N3O4S/c1-13-10-15(7-8-16(13)24-12-17(21)20(2)3)25(22,23)19-11-14-6-4-5-9-18-14/h4-10,19H,11-12H2,1-3H3. The number of ether oxygens (including phenoxy) is 1. The second kappa shape index (κ2) is 8.09. The van der Waals surface area contributed by atoms with E-state index in [1.54, 1.807) is 51.5 Å². The lowest BCUT2D eigenvalue weighted by Crippen LogP contribution is -2.27. The summed E-state index contributed by atoms with van der Waals surface area (Å²) >= 11 is 0. The van der Waals surface area contributed by atoms with Gasteiger partial charge in [-0.1, -0.05) is 6.07 Å². The fourth-order valence-electron chi connectivity index (χ4n) is 1.97. The zero-order chi connectivity index (χ0) is 18.4. The highest BCUT2D eigenvalue weighted by Crippen LogP contribution is 2.22. The fraction of sp³-hybridized carbons (Fsp3) is 0.294. The molecule has 0 radical (unpaired) electrons. The van der Waals surface area contributed by atoms with Crippen LogP contribution < -0.4 is 9.46 Å². The van der Waals surface area contributed by atoms with E-state index in [2.05, 4.69) is 9.71 Å². The van der Waals surface area contributed by atoms with Crippen molar-refractivity contribution in [2.24, 2.45) is 0 Å². The van der Waals surface area contributed by atoms with Crippen molar-refractivity contribution in [3.63, 3.8) is 0 Å². The van der Waals surface area contributed by atoms with Gasteiger partial charge in [0.1, 0.15) is 5.75 Å². The highest BCUT2D eigenvalue weighted by molar-refractivity contribution is 7.89. The average Bonchev–Trinajstić information content (AvgIpc) is 2.59. The van der Waals surface area contributed by atoms with Crippen LogP contribution in [0.25, 0.3) is 0 Å². The van der Waals surface area contributed by atoms with Crippen LogP contribution in [-0.2, 0) is 21.4 Å². The molecule has 1 aromatic carbocycles. The summed E-state index contributed by atoms with van der Waals surface area (Å²) in [4.78, 5) is 17.2. The highest BCUT2D eigenvalue weighted by atomic mass is 32.2. The van der Waals surface area contributed by atoms with Crippen LogP contribution in [-0.4, -0.2) is 44.9 Å². The Bertz CT molecular complexity index is 836. The third kappa shape index (κ3) is 5.27. The van der Waals surface area contributed by atoms with Crippen molar-refractivity contribution in [3.05, 3.63) is 53.9 Å². The number of nitrogens with one attached hydrogen (secondary N) is 1. The molecular formula is C17H21N3O4S. The van der Waals surface area contributed by atoms with Crippen molar-refractivity contribution < 1.29 is 17.9 Å². The Kier molecular flexibility index (Phi) is 6.11. The molecule has 1 heterocycles. The van der Waals surface area contributed by atoms with Crippen LogP contribution in [0.3, 0.4) is 0 Å². The zero-order valence-corrected chi connectivity index (χ0v) is 15.2. The molecule has 1 amide bonds. The van der Waals surface area contributed by atoms with Gasteiger partial charge in [-0.25, -0.2) is 13.1 Å². The van der Waals surface area contributed by atoms with Gasteiger partial charge in [0.25, 0.3) is 5.91 Å². The summed E-state index contributed by atoms with van der Waals surface area (Å²) in [6.45, 7) is 1.74. The van der Waals surface area contributed by atoms with Crippen LogP contribution in [0.15, 0.2) is 47.5 Å². The van der Waals surface area contributed by atoms with Crippen LogP contribution in [0.2, 0.25) is 0 Å². The highest BCUT2D eigenvalue weighted by Gasteiger charge is 2.16. The minimum absolute atomic E-state index is 0.0993. The predicted octanol–water partition coefficient (Wildman–Crippen LogP) is 1.34. The van der Waals surface area contributed by atoms with Gasteiger partial charge in [0.05, 0.1) is 17.1 Å². The lowest BCUT2D eigenvalue weighted by atomic mass is 10.2. The lowest BCUT2D eigenvalue weighted by molar-refractivity contribution is -0.130. The quantitative estimate of drug-likeness (QED) is 0.802. The van der Waals surface area contributed by atoms with Crippen molar-refractivity contribution in [2.45, 2.75) is 18.4 Å². The molecule has 0 aliphatic heterocycles. The van der Waals surface area contributed by atoms with Gasteiger partial charge in [-0.05, 0) is 42.8 Å². The molecule has 25 heavy (non-hydrogen) atoms. The second-order valence-corrected chi connectivity index (χ2v) is 7.42. The molecule has 0 unspecified atom stereocenters. The topological polar surface area (TPSA) is 88.6 Å². The summed E-state index contributed by atoms with van der Waals surface area (Å²) < 4.78 is 32.7. The van der Waals surface area contributed by atoms with E-state index in [1.807, 2.05) is 0 Å². The molecule has 0 bridgehead atoms. The van der Waals surface area contributed by atoms with Gasteiger partial charge in [0, 0.05) is 20.3 Å². The number of hydrogen-bond acceptors (Lipinski definition) is 5. The van der Waals surface area contributed by atoms with Crippen LogP contribution >= 0.6 is 0 Å². The van der Waals surface area contributed by atoms with Crippen LogP contribution in [0.5, 0.6) is 5.75 Å². The normalized spacial score (nSPS) is 11.2. The van der Waals surface area contributed by atoms with E-state index < -0.39 is 10.0 Å². The van der Waals surface area contributed by atoms with Gasteiger partial charge in [-0.15, -0.1) is 0 Å². The Morgan fingerprint density at radius 1 is 1.24 bits per heavy atom. The Balaban J connectivity index is 2.06. The van der Waals surface area contributed by atoms with Crippen LogP contribution in [0.1, 0.15) is 11.3 Å². The SMILES string of the molecule is Cc1cc(S(=O)(=O)NCc2ccccn2)ccc1OCC(=O)N(C)C. The number of aryl methyl sites for hydroxylation is 1. The van der Waals surface area contributed by atoms with E-state index in [-0.39, 0.29) is 24.0 Å². The minimum Gasteiger partial charge on any atom is -0.483 e. The summed E-state index contributed by atoms with van der Waals surface area (Å²) in [5.74, 6) is 0.298. The van der Waals surface area contributed by atoms with E-state index in [0.717, 1.165) is 0 Å². The number of carbonyl (C=O) groups excluding carboxylic acids is 1. The Hall–Kier alpha value is -2.45. The van der Waals surface area contributed by atoms with E-state index in [9.17, 15) is 13.2 Å². The van der Waals surface area contributed by atoms with Crippen molar-refractivity contribution >= 4 is 15.9 Å². The first-order chi connectivity index (χ1) is 11.8. The molecule has 0 fully saturated rings. The van der Waals surface area contributed by atoms with Gasteiger partial charge < -0.3 is 9.64 Å². The van der Waals surface area contributed by atoms with Crippen molar-refractivity contribution in [2.75, 3.05) is 20.7 Å². The molecule has 0 spiro atoms. The summed E-state index contributed by atoms with van der Waals surface area (Å²) in [6.07, 6.45) is 1.61. The van der Waals surface area contributed by atoms with Crippen molar-refractivity contribution in [3.8, 4) is 5.75 Å². The maximum absolute atomic E-state index is 12.4.